The summed E-state index contributed by atoms with van der Waals surface area (Å²) in [5.41, 5.74) is 0.533. The van der Waals surface area contributed by atoms with Crippen LogP contribution in [0.2, 0.25) is 0 Å². The Morgan fingerprint density at radius 3 is 2.65 bits per heavy atom. The molecule has 0 saturated carbocycles. The quantitative estimate of drug-likeness (QED) is 0.844. The van der Waals surface area contributed by atoms with Crippen molar-refractivity contribution in [2.45, 2.75) is 12.8 Å². The van der Waals surface area contributed by atoms with Crippen molar-refractivity contribution in [2.75, 3.05) is 31.5 Å². The highest BCUT2D eigenvalue weighted by molar-refractivity contribution is 5.86. The fourth-order valence-corrected chi connectivity index (χ4v) is 2.10. The minimum absolute atomic E-state index is 0.0106. The Morgan fingerprint density at radius 2 is 1.95 bits per heavy atom. The van der Waals surface area contributed by atoms with Crippen LogP contribution >= 0.6 is 0 Å². The van der Waals surface area contributed by atoms with Gasteiger partial charge in [0.1, 0.15) is 5.82 Å². The molecule has 0 spiro atoms. The van der Waals surface area contributed by atoms with Gasteiger partial charge < -0.3 is 15.5 Å². The number of nitrogens with zero attached hydrogens (tertiary/aromatic N) is 1. The molecule has 1 heterocycles. The number of anilines is 1. The number of carbonyl (C=O) groups excluding carboxylic acids is 2. The number of amides is 2. The highest BCUT2D eigenvalue weighted by atomic mass is 19.1. The summed E-state index contributed by atoms with van der Waals surface area (Å²) in [5, 5.41) is 5.36. The molecule has 1 saturated heterocycles. The van der Waals surface area contributed by atoms with Crippen LogP contribution in [0.4, 0.5) is 10.1 Å². The van der Waals surface area contributed by atoms with Gasteiger partial charge in [-0.05, 0) is 31.0 Å². The SMILES string of the molecule is O=C(CNc1cccc(F)c1)NCC(=O)N1CCCC1. The summed E-state index contributed by atoms with van der Waals surface area (Å²) in [5.74, 6) is -0.706. The number of hydrogen-bond donors (Lipinski definition) is 2. The van der Waals surface area contributed by atoms with Gasteiger partial charge in [-0.1, -0.05) is 6.07 Å². The van der Waals surface area contributed by atoms with Gasteiger partial charge in [0.2, 0.25) is 11.8 Å². The van der Waals surface area contributed by atoms with E-state index >= 15 is 0 Å². The van der Waals surface area contributed by atoms with E-state index in [1.165, 1.54) is 12.1 Å². The molecule has 1 aromatic carbocycles. The zero-order valence-corrected chi connectivity index (χ0v) is 11.2. The molecular weight excluding hydrogens is 261 g/mol. The monoisotopic (exact) mass is 279 g/mol. The van der Waals surface area contributed by atoms with Crippen molar-refractivity contribution in [1.82, 2.24) is 10.2 Å². The molecule has 1 aromatic rings. The second kappa shape index (κ2) is 6.88. The molecule has 1 fully saturated rings. The first-order valence-corrected chi connectivity index (χ1v) is 6.69. The van der Waals surface area contributed by atoms with E-state index in [0.29, 0.717) is 5.69 Å². The fraction of sp³-hybridized carbons (Fsp3) is 0.429. The van der Waals surface area contributed by atoms with Gasteiger partial charge >= 0.3 is 0 Å². The van der Waals surface area contributed by atoms with Crippen LogP contribution in [0.25, 0.3) is 0 Å². The van der Waals surface area contributed by atoms with Gasteiger partial charge in [0, 0.05) is 18.8 Å². The van der Waals surface area contributed by atoms with Crippen molar-refractivity contribution >= 4 is 17.5 Å². The van der Waals surface area contributed by atoms with Gasteiger partial charge in [-0.25, -0.2) is 4.39 Å². The molecule has 2 rings (SSSR count). The lowest BCUT2D eigenvalue weighted by Crippen LogP contribution is -2.40. The topological polar surface area (TPSA) is 61.4 Å². The van der Waals surface area contributed by atoms with Gasteiger partial charge in [0.25, 0.3) is 0 Å². The van der Waals surface area contributed by atoms with Gasteiger partial charge in [0.15, 0.2) is 0 Å². The minimum atomic E-state index is -0.361. The first-order valence-electron chi connectivity index (χ1n) is 6.69. The molecule has 20 heavy (non-hydrogen) atoms. The van der Waals surface area contributed by atoms with Crippen LogP contribution in [0, 0.1) is 5.82 Å². The van der Waals surface area contributed by atoms with Crippen molar-refractivity contribution < 1.29 is 14.0 Å². The van der Waals surface area contributed by atoms with Crippen LogP contribution in [-0.2, 0) is 9.59 Å². The largest absolute Gasteiger partial charge is 0.376 e. The van der Waals surface area contributed by atoms with Crippen LogP contribution in [0.5, 0.6) is 0 Å². The van der Waals surface area contributed by atoms with Gasteiger partial charge in [-0.15, -0.1) is 0 Å². The standard InChI is InChI=1S/C14H18FN3O2/c15-11-4-3-5-12(8-11)16-9-13(19)17-10-14(20)18-6-1-2-7-18/h3-5,8,16H,1-2,6-7,9-10H2,(H,17,19). The lowest BCUT2D eigenvalue weighted by Gasteiger charge is -2.15. The predicted octanol–water partition coefficient (Wildman–Crippen LogP) is 0.976. The Labute approximate surface area is 117 Å². The van der Waals surface area contributed by atoms with E-state index in [-0.39, 0.29) is 30.7 Å². The van der Waals surface area contributed by atoms with Crippen molar-refractivity contribution in [3.05, 3.63) is 30.1 Å². The van der Waals surface area contributed by atoms with E-state index < -0.39 is 0 Å². The number of rotatable bonds is 5. The number of carbonyl (C=O) groups is 2. The molecule has 2 amide bonds. The Morgan fingerprint density at radius 1 is 1.20 bits per heavy atom. The third-order valence-corrected chi connectivity index (χ3v) is 3.17. The summed E-state index contributed by atoms with van der Waals surface area (Å²) >= 11 is 0. The summed E-state index contributed by atoms with van der Waals surface area (Å²) in [6.07, 6.45) is 2.06. The molecule has 0 bridgehead atoms. The maximum absolute atomic E-state index is 12.9. The second-order valence-electron chi connectivity index (χ2n) is 4.73. The van der Waals surface area contributed by atoms with E-state index in [9.17, 15) is 14.0 Å². The number of benzene rings is 1. The first-order chi connectivity index (χ1) is 9.65. The number of likely N-dealkylation sites (tertiary alicyclic amines) is 1. The van der Waals surface area contributed by atoms with Crippen LogP contribution in [0.1, 0.15) is 12.8 Å². The Kier molecular flexibility index (Phi) is 4.92. The number of halogens is 1. The molecule has 0 atom stereocenters. The first kappa shape index (κ1) is 14.3. The summed E-state index contributed by atoms with van der Waals surface area (Å²) in [4.78, 5) is 25.0. The van der Waals surface area contributed by atoms with Crippen LogP contribution < -0.4 is 10.6 Å². The maximum atomic E-state index is 12.9. The van der Waals surface area contributed by atoms with E-state index in [1.807, 2.05) is 0 Å². The van der Waals surface area contributed by atoms with Crippen molar-refractivity contribution in [3.8, 4) is 0 Å². The van der Waals surface area contributed by atoms with Crippen LogP contribution in [0.3, 0.4) is 0 Å². The third-order valence-electron chi connectivity index (χ3n) is 3.17. The molecular formula is C14H18FN3O2. The van der Waals surface area contributed by atoms with Crippen molar-refractivity contribution in [3.63, 3.8) is 0 Å². The predicted molar refractivity (Wildman–Crippen MR) is 73.7 cm³/mol. The molecule has 0 unspecified atom stereocenters. The third kappa shape index (κ3) is 4.22. The highest BCUT2D eigenvalue weighted by Gasteiger charge is 2.17. The second-order valence-corrected chi connectivity index (χ2v) is 4.73. The van der Waals surface area contributed by atoms with Gasteiger partial charge in [0.05, 0.1) is 13.1 Å². The van der Waals surface area contributed by atoms with Gasteiger partial charge in [-0.3, -0.25) is 9.59 Å². The number of nitrogens with one attached hydrogen (secondary N) is 2. The van der Waals surface area contributed by atoms with Crippen LogP contribution in [0.15, 0.2) is 24.3 Å². The number of hydrogen-bond acceptors (Lipinski definition) is 3. The molecule has 1 aliphatic heterocycles. The Balaban J connectivity index is 1.69. The highest BCUT2D eigenvalue weighted by Crippen LogP contribution is 2.08. The van der Waals surface area contributed by atoms with Crippen molar-refractivity contribution in [1.29, 1.82) is 0 Å². The smallest absolute Gasteiger partial charge is 0.241 e. The van der Waals surface area contributed by atoms with E-state index in [1.54, 1.807) is 17.0 Å². The molecule has 2 N–H and O–H groups in total. The van der Waals surface area contributed by atoms with Crippen molar-refractivity contribution in [2.24, 2.45) is 0 Å². The zero-order valence-electron chi connectivity index (χ0n) is 11.2. The Bertz CT molecular complexity index is 487. The Hall–Kier alpha value is -2.11. The molecule has 108 valence electrons. The lowest BCUT2D eigenvalue weighted by atomic mass is 10.3. The fourth-order valence-electron chi connectivity index (χ4n) is 2.10. The summed E-state index contributed by atoms with van der Waals surface area (Å²) in [7, 11) is 0. The zero-order chi connectivity index (χ0) is 14.4. The molecule has 0 aliphatic carbocycles. The normalized spacial score (nSPS) is 14.2. The summed E-state index contributed by atoms with van der Waals surface area (Å²) in [6.45, 7) is 1.58. The summed E-state index contributed by atoms with van der Waals surface area (Å²) in [6, 6.07) is 5.88. The van der Waals surface area contributed by atoms with E-state index in [4.69, 9.17) is 0 Å². The molecule has 5 nitrogen and oxygen atoms in total. The average molecular weight is 279 g/mol. The molecule has 6 heteroatoms. The average Bonchev–Trinajstić information content (AvgIpc) is 2.97. The lowest BCUT2D eigenvalue weighted by molar-refractivity contribution is -0.131. The van der Waals surface area contributed by atoms with Crippen LogP contribution in [-0.4, -0.2) is 42.9 Å². The molecule has 1 aliphatic rings. The minimum Gasteiger partial charge on any atom is -0.376 e. The van der Waals surface area contributed by atoms with Gasteiger partial charge in [-0.2, -0.15) is 0 Å². The molecule has 0 aromatic heterocycles. The molecule has 0 radical (unpaired) electrons. The maximum Gasteiger partial charge on any atom is 0.241 e. The summed E-state index contributed by atoms with van der Waals surface area (Å²) < 4.78 is 12.9. The van der Waals surface area contributed by atoms with E-state index in [2.05, 4.69) is 10.6 Å². The van der Waals surface area contributed by atoms with E-state index in [0.717, 1.165) is 25.9 Å².